The number of benzene rings is 1. The summed E-state index contributed by atoms with van der Waals surface area (Å²) in [5.74, 6) is 0. The topological polar surface area (TPSA) is 4.93 Å². The van der Waals surface area contributed by atoms with Crippen LogP contribution in [0.5, 0.6) is 0 Å². The van der Waals surface area contributed by atoms with Crippen molar-refractivity contribution in [2.75, 3.05) is 0 Å². The molecule has 1 aromatic carbocycles. The third kappa shape index (κ3) is 1.34. The van der Waals surface area contributed by atoms with Crippen molar-refractivity contribution in [1.29, 1.82) is 0 Å². The van der Waals surface area contributed by atoms with E-state index in [9.17, 15) is 0 Å². The van der Waals surface area contributed by atoms with Crippen LogP contribution in [0, 0.1) is 12.5 Å². The van der Waals surface area contributed by atoms with Crippen molar-refractivity contribution in [1.82, 2.24) is 4.57 Å². The highest BCUT2D eigenvalue weighted by Crippen LogP contribution is 2.18. The lowest BCUT2D eigenvalue weighted by molar-refractivity contribution is 1.15. The number of hydrogen-bond donors (Lipinski definition) is 0. The van der Waals surface area contributed by atoms with Gasteiger partial charge in [-0.3, -0.25) is 4.57 Å². The molecule has 2 aromatic rings. The Balaban J connectivity index is 2.54. The zero-order valence-electron chi connectivity index (χ0n) is 7.14. The SMILES string of the molecule is C#Cn1cccc1-c1ccccc1. The molecule has 0 radical (unpaired) electrons. The monoisotopic (exact) mass is 167 g/mol. The summed E-state index contributed by atoms with van der Waals surface area (Å²) in [6.07, 6.45) is 7.22. The van der Waals surface area contributed by atoms with E-state index in [-0.39, 0.29) is 0 Å². The normalized spacial score (nSPS) is 9.46. The standard InChI is InChI=1S/C12H9N/c1-2-13-10-6-9-12(13)11-7-4-3-5-8-11/h1,3-10H. The smallest absolute Gasteiger partial charge is 0.0611 e. The highest BCUT2D eigenvalue weighted by atomic mass is 14.9. The summed E-state index contributed by atoms with van der Waals surface area (Å²) in [7, 11) is 0. The summed E-state index contributed by atoms with van der Waals surface area (Å²) in [5, 5.41) is 0. The molecule has 1 heteroatoms. The van der Waals surface area contributed by atoms with Crippen molar-refractivity contribution in [3.8, 4) is 23.7 Å². The van der Waals surface area contributed by atoms with E-state index in [1.165, 1.54) is 0 Å². The fraction of sp³-hybridized carbons (Fsp3) is 0. The van der Waals surface area contributed by atoms with Crippen molar-refractivity contribution < 1.29 is 0 Å². The first kappa shape index (κ1) is 7.70. The van der Waals surface area contributed by atoms with Crippen molar-refractivity contribution in [2.24, 2.45) is 0 Å². The summed E-state index contributed by atoms with van der Waals surface area (Å²) in [6, 6.07) is 16.6. The van der Waals surface area contributed by atoms with Crippen LogP contribution in [0.2, 0.25) is 0 Å². The van der Waals surface area contributed by atoms with Gasteiger partial charge in [-0.1, -0.05) is 36.8 Å². The van der Waals surface area contributed by atoms with Crippen LogP contribution in [0.25, 0.3) is 11.3 Å². The minimum absolute atomic E-state index is 1.06. The summed E-state index contributed by atoms with van der Waals surface area (Å²) in [6.45, 7) is 0. The fourth-order valence-corrected chi connectivity index (χ4v) is 1.34. The number of nitrogens with zero attached hydrogens (tertiary/aromatic N) is 1. The molecule has 0 amide bonds. The van der Waals surface area contributed by atoms with E-state index in [1.807, 2.05) is 48.7 Å². The second-order valence-electron chi connectivity index (χ2n) is 2.76. The maximum Gasteiger partial charge on any atom is 0.0611 e. The number of rotatable bonds is 1. The summed E-state index contributed by atoms with van der Waals surface area (Å²) in [4.78, 5) is 0. The molecule has 0 bridgehead atoms. The third-order valence-corrected chi connectivity index (χ3v) is 1.96. The largest absolute Gasteiger partial charge is 0.277 e. The molecule has 0 fully saturated rings. The maximum atomic E-state index is 5.35. The summed E-state index contributed by atoms with van der Waals surface area (Å²) >= 11 is 0. The first-order valence-corrected chi connectivity index (χ1v) is 4.11. The molecular formula is C12H9N. The number of terminal acetylenes is 1. The average Bonchev–Trinajstić information content (AvgIpc) is 2.67. The molecule has 1 heterocycles. The highest BCUT2D eigenvalue weighted by Gasteiger charge is 1.99. The van der Waals surface area contributed by atoms with Gasteiger partial charge in [0.1, 0.15) is 0 Å². The second-order valence-corrected chi connectivity index (χ2v) is 2.76. The zero-order valence-corrected chi connectivity index (χ0v) is 7.14. The van der Waals surface area contributed by atoms with Gasteiger partial charge in [-0.05, 0) is 17.7 Å². The van der Waals surface area contributed by atoms with E-state index in [4.69, 9.17) is 6.42 Å². The van der Waals surface area contributed by atoms with Crippen LogP contribution in [0.1, 0.15) is 0 Å². The quantitative estimate of drug-likeness (QED) is 0.575. The highest BCUT2D eigenvalue weighted by molar-refractivity contribution is 5.60. The molecule has 1 aromatic heterocycles. The molecule has 0 aliphatic rings. The number of hydrogen-bond acceptors (Lipinski definition) is 0. The van der Waals surface area contributed by atoms with E-state index < -0.39 is 0 Å². The molecular weight excluding hydrogens is 158 g/mol. The van der Waals surface area contributed by atoms with Crippen molar-refractivity contribution in [3.63, 3.8) is 0 Å². The molecule has 0 aliphatic carbocycles. The molecule has 0 spiro atoms. The molecule has 0 unspecified atom stereocenters. The lowest BCUT2D eigenvalue weighted by Gasteiger charge is -2.00. The Morgan fingerprint density at radius 2 is 1.77 bits per heavy atom. The van der Waals surface area contributed by atoms with Crippen LogP contribution in [0.3, 0.4) is 0 Å². The molecule has 13 heavy (non-hydrogen) atoms. The van der Waals surface area contributed by atoms with E-state index in [0.717, 1.165) is 11.3 Å². The van der Waals surface area contributed by atoms with Crippen LogP contribution in [0.4, 0.5) is 0 Å². The molecule has 62 valence electrons. The van der Waals surface area contributed by atoms with E-state index >= 15 is 0 Å². The van der Waals surface area contributed by atoms with Gasteiger partial charge in [-0.15, -0.1) is 0 Å². The third-order valence-electron chi connectivity index (χ3n) is 1.96. The van der Waals surface area contributed by atoms with Gasteiger partial charge in [-0.25, -0.2) is 0 Å². The van der Waals surface area contributed by atoms with Crippen molar-refractivity contribution >= 4 is 0 Å². The summed E-state index contributed by atoms with van der Waals surface area (Å²) in [5.41, 5.74) is 2.20. The Morgan fingerprint density at radius 1 is 1.00 bits per heavy atom. The first-order chi connectivity index (χ1) is 6.42. The second kappa shape index (κ2) is 3.20. The van der Waals surface area contributed by atoms with Gasteiger partial charge in [0.05, 0.1) is 5.69 Å². The van der Waals surface area contributed by atoms with Gasteiger partial charge in [0, 0.05) is 12.2 Å². The molecule has 0 saturated carbocycles. The predicted octanol–water partition coefficient (Wildman–Crippen LogP) is 2.59. The van der Waals surface area contributed by atoms with Gasteiger partial charge in [0.25, 0.3) is 0 Å². The van der Waals surface area contributed by atoms with Crippen LogP contribution in [-0.4, -0.2) is 4.57 Å². The van der Waals surface area contributed by atoms with E-state index in [0.29, 0.717) is 0 Å². The van der Waals surface area contributed by atoms with Gasteiger partial charge >= 0.3 is 0 Å². The molecule has 1 nitrogen and oxygen atoms in total. The molecule has 0 saturated heterocycles. The van der Waals surface area contributed by atoms with Crippen LogP contribution in [0.15, 0.2) is 48.7 Å². The maximum absolute atomic E-state index is 5.35. The van der Waals surface area contributed by atoms with Crippen LogP contribution < -0.4 is 0 Å². The lowest BCUT2D eigenvalue weighted by Crippen LogP contribution is -1.88. The molecule has 0 aliphatic heterocycles. The predicted molar refractivity (Wildman–Crippen MR) is 54.1 cm³/mol. The van der Waals surface area contributed by atoms with Gasteiger partial charge in [0.2, 0.25) is 0 Å². The Bertz CT molecular complexity index is 432. The lowest BCUT2D eigenvalue weighted by atomic mass is 10.1. The van der Waals surface area contributed by atoms with E-state index in [2.05, 4.69) is 6.04 Å². The van der Waals surface area contributed by atoms with E-state index in [1.54, 1.807) is 4.57 Å². The fourth-order valence-electron chi connectivity index (χ4n) is 1.34. The van der Waals surface area contributed by atoms with Crippen LogP contribution >= 0.6 is 0 Å². The van der Waals surface area contributed by atoms with Gasteiger partial charge in [-0.2, -0.15) is 0 Å². The minimum Gasteiger partial charge on any atom is -0.277 e. The zero-order chi connectivity index (χ0) is 9.10. The number of aromatic nitrogens is 1. The summed E-state index contributed by atoms with van der Waals surface area (Å²) < 4.78 is 1.77. The minimum atomic E-state index is 1.06. The molecule has 0 N–H and O–H groups in total. The van der Waals surface area contributed by atoms with Gasteiger partial charge < -0.3 is 0 Å². The average molecular weight is 167 g/mol. The Kier molecular flexibility index (Phi) is 1.90. The molecule has 0 atom stereocenters. The van der Waals surface area contributed by atoms with Gasteiger partial charge in [0.15, 0.2) is 0 Å². The van der Waals surface area contributed by atoms with Crippen molar-refractivity contribution in [2.45, 2.75) is 0 Å². The van der Waals surface area contributed by atoms with Crippen molar-refractivity contribution in [3.05, 3.63) is 48.7 Å². The van der Waals surface area contributed by atoms with Crippen LogP contribution in [-0.2, 0) is 0 Å². The molecule has 2 rings (SSSR count). The Hall–Kier alpha value is -1.94. The Morgan fingerprint density at radius 3 is 2.46 bits per heavy atom. The first-order valence-electron chi connectivity index (χ1n) is 4.11. The Labute approximate surface area is 77.6 Å².